The van der Waals surface area contributed by atoms with Crippen molar-refractivity contribution in [1.82, 2.24) is 19.7 Å². The molecule has 2 saturated heterocycles. The first-order valence-electron chi connectivity index (χ1n) is 22.0. The SMILES string of the molecule is Cc1c(COc2cc(OCc3cncc(C#N)c3)c(CN3CC[C@@H](C(=O)O)C3)cc2Cl)cccc1-c1cccc(-c2ccc3c(c2)C(=O)N(C)CC(=O)N3CCN2CC[C@@H](C(=O)O)C2)c1C. The van der Waals surface area contributed by atoms with Gasteiger partial charge in [0.25, 0.3) is 5.91 Å². The summed E-state index contributed by atoms with van der Waals surface area (Å²) in [6.07, 6.45) is 4.26. The molecule has 2 N–H and O–H groups in total. The number of fused-ring (bicyclic) bond motifs is 1. The van der Waals surface area contributed by atoms with Crippen LogP contribution < -0.4 is 14.4 Å². The van der Waals surface area contributed by atoms with Crippen LogP contribution in [0.25, 0.3) is 22.3 Å². The average molecular weight is 911 g/mol. The van der Waals surface area contributed by atoms with Crippen molar-refractivity contribution in [1.29, 1.82) is 5.26 Å². The van der Waals surface area contributed by atoms with E-state index in [4.69, 9.17) is 21.1 Å². The normalized spacial score (nSPS) is 17.7. The number of nitrogens with zero attached hydrogens (tertiary/aromatic N) is 6. The zero-order valence-electron chi connectivity index (χ0n) is 37.1. The van der Waals surface area contributed by atoms with Crippen LogP contribution in [0.2, 0.25) is 5.02 Å². The number of aliphatic carboxylic acids is 2. The van der Waals surface area contributed by atoms with E-state index in [9.17, 15) is 34.7 Å². The van der Waals surface area contributed by atoms with E-state index < -0.39 is 23.8 Å². The number of halogens is 1. The molecule has 4 heterocycles. The first kappa shape index (κ1) is 45.8. The molecule has 15 heteroatoms. The van der Waals surface area contributed by atoms with E-state index in [-0.39, 0.29) is 31.6 Å². The highest BCUT2D eigenvalue weighted by Crippen LogP contribution is 2.39. The Morgan fingerprint density at radius 1 is 0.788 bits per heavy atom. The van der Waals surface area contributed by atoms with Gasteiger partial charge in [0.1, 0.15) is 37.3 Å². The molecule has 2 atom stereocenters. The molecule has 0 bridgehead atoms. The Hall–Kier alpha value is -6.79. The molecule has 5 aromatic rings. The molecule has 3 aliphatic rings. The summed E-state index contributed by atoms with van der Waals surface area (Å²) in [6, 6.07) is 25.2. The number of hydrogen-bond acceptors (Lipinski definition) is 10. The highest BCUT2D eigenvalue weighted by atomic mass is 35.5. The first-order chi connectivity index (χ1) is 31.8. The number of benzene rings is 4. The largest absolute Gasteiger partial charge is 0.488 e. The van der Waals surface area contributed by atoms with Crippen molar-refractivity contribution in [2.75, 3.05) is 57.8 Å². The van der Waals surface area contributed by atoms with Crippen LogP contribution in [-0.2, 0) is 34.1 Å². The molecule has 0 aliphatic carbocycles. The maximum atomic E-state index is 13.8. The Kier molecular flexibility index (Phi) is 13.7. The van der Waals surface area contributed by atoms with Gasteiger partial charge in [0.2, 0.25) is 5.91 Å². The lowest BCUT2D eigenvalue weighted by atomic mass is 9.89. The van der Waals surface area contributed by atoms with Gasteiger partial charge in [-0.05, 0) is 103 Å². The summed E-state index contributed by atoms with van der Waals surface area (Å²) in [5.41, 5.74) is 9.62. The number of carboxylic acid groups (broad SMARTS) is 2. The van der Waals surface area contributed by atoms with Gasteiger partial charge >= 0.3 is 11.9 Å². The number of anilines is 1. The molecule has 0 radical (unpaired) electrons. The van der Waals surface area contributed by atoms with Crippen LogP contribution in [0.1, 0.15) is 56.6 Å². The Labute approximate surface area is 388 Å². The molecular weight excluding hydrogens is 860 g/mol. The van der Waals surface area contributed by atoms with Crippen LogP contribution in [0.4, 0.5) is 5.69 Å². The molecule has 3 aliphatic heterocycles. The van der Waals surface area contributed by atoms with E-state index in [1.54, 1.807) is 36.3 Å². The van der Waals surface area contributed by atoms with Crippen LogP contribution in [-0.4, -0.2) is 107 Å². The molecule has 66 heavy (non-hydrogen) atoms. The minimum Gasteiger partial charge on any atom is -0.488 e. The van der Waals surface area contributed by atoms with Gasteiger partial charge in [-0.1, -0.05) is 54.1 Å². The molecule has 0 spiro atoms. The summed E-state index contributed by atoms with van der Waals surface area (Å²) in [7, 11) is 1.63. The standard InChI is InChI=1S/C51H51ClN6O8/c1-31-38(30-66-47-21-46(65-29-34-18-33(22-53)23-54-24-34)39(20-44(47)52)27-57-15-13-37(26-57)51(63)64)6-4-8-41(31)42-9-5-7-40(32(42)2)35-10-11-45-43(19-35)49(60)55(3)28-48(59)58(45)17-16-56-14-12-36(25-56)50(61)62/h4-11,18-21,23-24,36-37H,12-17,25-30H2,1-3H3,(H,61,62)(H,63,64)/t36-,37-/m1/s1. The molecule has 0 saturated carbocycles. The Morgan fingerprint density at radius 3 is 2.20 bits per heavy atom. The highest BCUT2D eigenvalue weighted by Gasteiger charge is 2.33. The van der Waals surface area contributed by atoms with Gasteiger partial charge < -0.3 is 34.4 Å². The topological polar surface area (TPSA) is 177 Å². The number of aromatic nitrogens is 1. The lowest BCUT2D eigenvalue weighted by Crippen LogP contribution is -2.41. The fourth-order valence-corrected chi connectivity index (χ4v) is 9.45. The number of likely N-dealkylation sites (N-methyl/N-ethyl adjacent to an activating group) is 1. The second-order valence-corrected chi connectivity index (χ2v) is 17.8. The van der Waals surface area contributed by atoms with Gasteiger partial charge in [-0.3, -0.25) is 29.1 Å². The van der Waals surface area contributed by atoms with E-state index in [0.717, 1.165) is 44.5 Å². The van der Waals surface area contributed by atoms with Crippen LogP contribution in [0.5, 0.6) is 11.5 Å². The molecule has 340 valence electrons. The van der Waals surface area contributed by atoms with Crippen molar-refractivity contribution in [3.63, 3.8) is 0 Å². The summed E-state index contributed by atoms with van der Waals surface area (Å²) in [6.45, 7) is 7.79. The van der Waals surface area contributed by atoms with E-state index >= 15 is 0 Å². The van der Waals surface area contributed by atoms with Gasteiger partial charge in [-0.15, -0.1) is 0 Å². The zero-order valence-corrected chi connectivity index (χ0v) is 37.9. The van der Waals surface area contributed by atoms with E-state index in [1.807, 2.05) is 42.5 Å². The summed E-state index contributed by atoms with van der Waals surface area (Å²) >= 11 is 6.89. The van der Waals surface area contributed by atoms with Gasteiger partial charge in [-0.25, -0.2) is 0 Å². The van der Waals surface area contributed by atoms with Crippen LogP contribution in [0.3, 0.4) is 0 Å². The predicted octanol–water partition coefficient (Wildman–Crippen LogP) is 7.45. The summed E-state index contributed by atoms with van der Waals surface area (Å²) in [5, 5.41) is 28.8. The second kappa shape index (κ2) is 19.8. The highest BCUT2D eigenvalue weighted by molar-refractivity contribution is 6.32. The molecule has 2 amide bonds. The van der Waals surface area contributed by atoms with Crippen LogP contribution >= 0.6 is 11.6 Å². The van der Waals surface area contributed by atoms with Gasteiger partial charge in [-0.2, -0.15) is 5.26 Å². The minimum absolute atomic E-state index is 0.0622. The number of nitriles is 1. The van der Waals surface area contributed by atoms with Crippen LogP contribution in [0.15, 0.2) is 85.2 Å². The number of pyridine rings is 1. The smallest absolute Gasteiger partial charge is 0.307 e. The van der Waals surface area contributed by atoms with Crippen molar-refractivity contribution >= 4 is 41.0 Å². The predicted molar refractivity (Wildman–Crippen MR) is 248 cm³/mol. The lowest BCUT2D eigenvalue weighted by Gasteiger charge is -2.25. The summed E-state index contributed by atoms with van der Waals surface area (Å²) in [4.78, 5) is 61.9. The number of carboxylic acids is 2. The monoisotopic (exact) mass is 910 g/mol. The molecular formula is C51H51ClN6O8. The van der Waals surface area contributed by atoms with Gasteiger partial charge in [0.15, 0.2) is 0 Å². The minimum atomic E-state index is -0.809. The number of likely N-dealkylation sites (tertiary alicyclic amines) is 2. The van der Waals surface area contributed by atoms with E-state index in [0.29, 0.717) is 97.6 Å². The number of carbonyl (C=O) groups is 4. The summed E-state index contributed by atoms with van der Waals surface area (Å²) in [5.74, 6) is -1.97. The molecule has 2 fully saturated rings. The average Bonchev–Trinajstić information content (AvgIpc) is 3.98. The fraction of sp³-hybridized carbons (Fsp3) is 0.333. The third kappa shape index (κ3) is 9.89. The Morgan fingerprint density at radius 2 is 1.47 bits per heavy atom. The van der Waals surface area contributed by atoms with Crippen molar-refractivity contribution in [2.24, 2.45) is 11.8 Å². The third-order valence-corrected chi connectivity index (χ3v) is 13.3. The summed E-state index contributed by atoms with van der Waals surface area (Å²) < 4.78 is 12.8. The lowest BCUT2D eigenvalue weighted by molar-refractivity contribution is -0.142. The maximum Gasteiger partial charge on any atom is 0.307 e. The quantitative estimate of drug-likeness (QED) is 0.106. The van der Waals surface area contributed by atoms with Crippen molar-refractivity contribution in [2.45, 2.75) is 46.4 Å². The first-order valence-corrected chi connectivity index (χ1v) is 22.4. The number of rotatable bonds is 15. The molecule has 4 aromatic carbocycles. The number of carbonyl (C=O) groups excluding carboxylic acids is 2. The zero-order chi connectivity index (χ0) is 46.6. The van der Waals surface area contributed by atoms with Gasteiger partial charge in [0.05, 0.1) is 33.7 Å². The second-order valence-electron chi connectivity index (χ2n) is 17.4. The van der Waals surface area contributed by atoms with Gasteiger partial charge in [0, 0.05) is 69.4 Å². The number of hydrogen-bond donors (Lipinski definition) is 2. The third-order valence-electron chi connectivity index (χ3n) is 13.0. The fourth-order valence-electron chi connectivity index (χ4n) is 9.21. The molecule has 1 aromatic heterocycles. The number of amides is 2. The number of ether oxygens (including phenoxy) is 2. The molecule has 8 rings (SSSR count). The Balaban J connectivity index is 1.03. The molecule has 14 nitrogen and oxygen atoms in total. The van der Waals surface area contributed by atoms with Crippen molar-refractivity contribution in [3.05, 3.63) is 129 Å². The van der Waals surface area contributed by atoms with Crippen molar-refractivity contribution < 1.29 is 38.9 Å². The van der Waals surface area contributed by atoms with Crippen LogP contribution in [0, 0.1) is 37.0 Å². The van der Waals surface area contributed by atoms with E-state index in [1.165, 1.54) is 11.1 Å². The maximum absolute atomic E-state index is 13.8. The molecule has 0 unspecified atom stereocenters. The van der Waals surface area contributed by atoms with E-state index in [2.05, 4.69) is 46.8 Å². The van der Waals surface area contributed by atoms with Crippen molar-refractivity contribution in [3.8, 4) is 39.8 Å². The Bertz CT molecular complexity index is 2760.